The predicted octanol–water partition coefficient (Wildman–Crippen LogP) is 4.34. The number of rotatable bonds is 6. The third kappa shape index (κ3) is 3.60. The van der Waals surface area contributed by atoms with Gasteiger partial charge in [-0.05, 0) is 36.2 Å². The molecule has 0 spiro atoms. The van der Waals surface area contributed by atoms with Crippen LogP contribution in [0, 0.1) is 0 Å². The highest BCUT2D eigenvalue weighted by Crippen LogP contribution is 2.24. The summed E-state index contributed by atoms with van der Waals surface area (Å²) in [6.45, 7) is 2.16. The third-order valence-electron chi connectivity index (χ3n) is 3.25. The smallest absolute Gasteiger partial charge is 0.335 e. The van der Waals surface area contributed by atoms with Gasteiger partial charge < -0.3 is 10.4 Å². The molecule has 0 aliphatic rings. The van der Waals surface area contributed by atoms with Crippen molar-refractivity contribution in [1.82, 2.24) is 0 Å². The fourth-order valence-electron chi connectivity index (χ4n) is 2.21. The molecule has 0 saturated carbocycles. The highest BCUT2D eigenvalue weighted by atomic mass is 16.4. The number of hydrogen-bond acceptors (Lipinski definition) is 2. The van der Waals surface area contributed by atoms with Crippen molar-refractivity contribution >= 4 is 11.7 Å². The molecular weight excluding hydrogens is 250 g/mol. The maximum Gasteiger partial charge on any atom is 0.335 e. The zero-order valence-electron chi connectivity index (χ0n) is 11.5. The number of carboxylic acid groups (broad SMARTS) is 1. The van der Waals surface area contributed by atoms with Crippen LogP contribution in [0.1, 0.15) is 41.7 Å². The highest BCUT2D eigenvalue weighted by molar-refractivity contribution is 5.88. The van der Waals surface area contributed by atoms with Crippen LogP contribution in [0.15, 0.2) is 54.6 Å². The van der Waals surface area contributed by atoms with Crippen molar-refractivity contribution in [3.8, 4) is 0 Å². The van der Waals surface area contributed by atoms with Crippen molar-refractivity contribution in [2.75, 3.05) is 5.32 Å². The van der Waals surface area contributed by atoms with Crippen LogP contribution in [0.4, 0.5) is 5.69 Å². The molecule has 0 heterocycles. The zero-order valence-corrected chi connectivity index (χ0v) is 11.5. The molecule has 0 aliphatic carbocycles. The van der Waals surface area contributed by atoms with Crippen LogP contribution >= 0.6 is 0 Å². The summed E-state index contributed by atoms with van der Waals surface area (Å²) in [4.78, 5) is 10.8. The molecule has 3 heteroatoms. The van der Waals surface area contributed by atoms with Crippen LogP contribution in [0.2, 0.25) is 0 Å². The fraction of sp³-hybridized carbons (Fsp3) is 0.235. The number of anilines is 1. The van der Waals surface area contributed by atoms with E-state index in [0.717, 1.165) is 18.5 Å². The first-order valence-electron chi connectivity index (χ1n) is 6.85. The molecule has 0 saturated heterocycles. The van der Waals surface area contributed by atoms with Crippen molar-refractivity contribution < 1.29 is 9.90 Å². The van der Waals surface area contributed by atoms with E-state index in [1.165, 1.54) is 5.56 Å². The summed E-state index contributed by atoms with van der Waals surface area (Å²) in [5.41, 5.74) is 2.50. The Balaban J connectivity index is 2.14. The lowest BCUT2D eigenvalue weighted by Gasteiger charge is -2.20. The molecule has 2 aromatic rings. The lowest BCUT2D eigenvalue weighted by molar-refractivity contribution is 0.0697. The summed E-state index contributed by atoms with van der Waals surface area (Å²) in [5.74, 6) is -0.898. The van der Waals surface area contributed by atoms with Crippen molar-refractivity contribution in [2.24, 2.45) is 0 Å². The molecule has 2 rings (SSSR count). The van der Waals surface area contributed by atoms with E-state index in [1.807, 2.05) is 30.3 Å². The average molecular weight is 269 g/mol. The largest absolute Gasteiger partial charge is 0.478 e. The second-order valence-electron chi connectivity index (χ2n) is 4.78. The highest BCUT2D eigenvalue weighted by Gasteiger charge is 2.10. The van der Waals surface area contributed by atoms with Gasteiger partial charge in [-0.1, -0.05) is 43.7 Å². The monoisotopic (exact) mass is 269 g/mol. The van der Waals surface area contributed by atoms with Crippen molar-refractivity contribution in [2.45, 2.75) is 25.8 Å². The van der Waals surface area contributed by atoms with E-state index in [4.69, 9.17) is 5.11 Å². The average Bonchev–Trinajstić information content (AvgIpc) is 2.48. The van der Waals surface area contributed by atoms with Crippen LogP contribution < -0.4 is 5.32 Å². The molecule has 20 heavy (non-hydrogen) atoms. The standard InChI is InChI=1S/C17H19NO2/c1-2-6-16(13-7-4-3-5-8-13)18-15-11-9-14(10-12-15)17(19)20/h3-5,7-12,16,18H,2,6H2,1H3,(H,19,20). The maximum atomic E-state index is 10.8. The Hall–Kier alpha value is -2.29. The molecule has 0 aromatic heterocycles. The molecule has 2 aromatic carbocycles. The predicted molar refractivity (Wildman–Crippen MR) is 81.1 cm³/mol. The van der Waals surface area contributed by atoms with Crippen molar-refractivity contribution in [3.63, 3.8) is 0 Å². The molecule has 3 nitrogen and oxygen atoms in total. The Morgan fingerprint density at radius 2 is 1.75 bits per heavy atom. The summed E-state index contributed by atoms with van der Waals surface area (Å²) in [5, 5.41) is 12.4. The number of benzene rings is 2. The SMILES string of the molecule is CCCC(Nc1ccc(C(=O)O)cc1)c1ccccc1. The number of carboxylic acids is 1. The van der Waals surface area contributed by atoms with Gasteiger partial charge in [0.15, 0.2) is 0 Å². The third-order valence-corrected chi connectivity index (χ3v) is 3.25. The van der Waals surface area contributed by atoms with E-state index in [-0.39, 0.29) is 6.04 Å². The summed E-state index contributed by atoms with van der Waals surface area (Å²) >= 11 is 0. The van der Waals surface area contributed by atoms with Crippen LogP contribution in [0.5, 0.6) is 0 Å². The molecule has 1 unspecified atom stereocenters. The zero-order chi connectivity index (χ0) is 14.4. The lowest BCUT2D eigenvalue weighted by atomic mass is 10.0. The normalized spacial score (nSPS) is 11.8. The number of aromatic carboxylic acids is 1. The van der Waals surface area contributed by atoms with Gasteiger partial charge in [-0.25, -0.2) is 4.79 Å². The minimum absolute atomic E-state index is 0.247. The summed E-state index contributed by atoms with van der Waals surface area (Å²) in [6, 6.07) is 17.4. The molecule has 0 amide bonds. The lowest BCUT2D eigenvalue weighted by Crippen LogP contribution is -2.10. The molecule has 104 valence electrons. The van der Waals surface area contributed by atoms with Gasteiger partial charge in [-0.2, -0.15) is 0 Å². The Kier molecular flexibility index (Phi) is 4.77. The van der Waals surface area contributed by atoms with E-state index in [1.54, 1.807) is 12.1 Å². The van der Waals surface area contributed by atoms with Crippen LogP contribution in [-0.2, 0) is 0 Å². The van der Waals surface area contributed by atoms with Crippen LogP contribution in [0.3, 0.4) is 0 Å². The molecule has 0 radical (unpaired) electrons. The van der Waals surface area contributed by atoms with Gasteiger partial charge in [0, 0.05) is 5.69 Å². The van der Waals surface area contributed by atoms with Gasteiger partial charge in [-0.15, -0.1) is 0 Å². The molecular formula is C17H19NO2. The van der Waals surface area contributed by atoms with E-state index in [9.17, 15) is 4.79 Å². The first-order valence-corrected chi connectivity index (χ1v) is 6.85. The van der Waals surface area contributed by atoms with E-state index in [2.05, 4.69) is 24.4 Å². The fourth-order valence-corrected chi connectivity index (χ4v) is 2.21. The minimum atomic E-state index is -0.898. The quantitative estimate of drug-likeness (QED) is 0.820. The Bertz CT molecular complexity index is 549. The van der Waals surface area contributed by atoms with E-state index in [0.29, 0.717) is 5.56 Å². The first kappa shape index (κ1) is 14.1. The molecule has 1 atom stereocenters. The summed E-state index contributed by atoms with van der Waals surface area (Å²) < 4.78 is 0. The Morgan fingerprint density at radius 1 is 1.10 bits per heavy atom. The minimum Gasteiger partial charge on any atom is -0.478 e. The van der Waals surface area contributed by atoms with Gasteiger partial charge in [0.05, 0.1) is 11.6 Å². The van der Waals surface area contributed by atoms with Gasteiger partial charge in [-0.3, -0.25) is 0 Å². The van der Waals surface area contributed by atoms with Crippen molar-refractivity contribution in [3.05, 3.63) is 65.7 Å². The second kappa shape index (κ2) is 6.75. The first-order chi connectivity index (χ1) is 9.70. The van der Waals surface area contributed by atoms with Gasteiger partial charge in [0.25, 0.3) is 0 Å². The van der Waals surface area contributed by atoms with Gasteiger partial charge >= 0.3 is 5.97 Å². The number of nitrogens with one attached hydrogen (secondary N) is 1. The van der Waals surface area contributed by atoms with E-state index >= 15 is 0 Å². The molecule has 0 fully saturated rings. The Labute approximate surface area is 119 Å². The maximum absolute atomic E-state index is 10.8. The number of hydrogen-bond donors (Lipinski definition) is 2. The van der Waals surface area contributed by atoms with Crippen LogP contribution in [0.25, 0.3) is 0 Å². The van der Waals surface area contributed by atoms with Gasteiger partial charge in [0.1, 0.15) is 0 Å². The topological polar surface area (TPSA) is 49.3 Å². The van der Waals surface area contributed by atoms with Crippen molar-refractivity contribution in [1.29, 1.82) is 0 Å². The van der Waals surface area contributed by atoms with Gasteiger partial charge in [0.2, 0.25) is 0 Å². The van der Waals surface area contributed by atoms with E-state index < -0.39 is 5.97 Å². The summed E-state index contributed by atoms with van der Waals surface area (Å²) in [6.07, 6.45) is 2.12. The second-order valence-corrected chi connectivity index (χ2v) is 4.78. The number of carbonyl (C=O) groups is 1. The summed E-state index contributed by atoms with van der Waals surface area (Å²) in [7, 11) is 0. The molecule has 0 aliphatic heterocycles. The van der Waals surface area contributed by atoms with Crippen LogP contribution in [-0.4, -0.2) is 11.1 Å². The molecule has 0 bridgehead atoms. The molecule has 2 N–H and O–H groups in total. The Morgan fingerprint density at radius 3 is 2.30 bits per heavy atom.